The quantitative estimate of drug-likeness (QED) is 0.890. The summed E-state index contributed by atoms with van der Waals surface area (Å²) < 4.78 is 0. The highest BCUT2D eigenvalue weighted by Crippen LogP contribution is 2.40. The summed E-state index contributed by atoms with van der Waals surface area (Å²) in [6.07, 6.45) is 1.59. The Morgan fingerprint density at radius 1 is 1.00 bits per heavy atom. The summed E-state index contributed by atoms with van der Waals surface area (Å²) in [4.78, 5) is 22.5. The molecule has 0 aliphatic heterocycles. The van der Waals surface area contributed by atoms with Gasteiger partial charge in [-0.15, -0.1) is 0 Å². The molecule has 1 fully saturated rings. The maximum Gasteiger partial charge on any atom is 0.307 e. The Kier molecular flexibility index (Phi) is 4.12. The minimum Gasteiger partial charge on any atom is -0.481 e. The van der Waals surface area contributed by atoms with Crippen LogP contribution in [0.25, 0.3) is 0 Å². The van der Waals surface area contributed by atoms with Crippen molar-refractivity contribution in [3.8, 4) is 0 Å². The van der Waals surface area contributed by atoms with Gasteiger partial charge in [-0.2, -0.15) is 0 Å². The highest BCUT2D eigenvalue weighted by molar-refractivity contribution is 5.80. The van der Waals surface area contributed by atoms with Gasteiger partial charge in [0.1, 0.15) is 0 Å². The van der Waals surface area contributed by atoms with Gasteiger partial charge in [-0.1, -0.05) is 18.2 Å². The van der Waals surface area contributed by atoms with E-state index in [4.69, 9.17) is 5.11 Å². The maximum atomic E-state index is 11.3. The van der Waals surface area contributed by atoms with Crippen LogP contribution in [0.4, 0.5) is 0 Å². The molecular formula is C16H20O4. The molecule has 0 saturated heterocycles. The van der Waals surface area contributed by atoms with Gasteiger partial charge < -0.3 is 10.2 Å². The zero-order valence-corrected chi connectivity index (χ0v) is 11.8. The van der Waals surface area contributed by atoms with Crippen LogP contribution in [0.1, 0.15) is 41.9 Å². The van der Waals surface area contributed by atoms with Gasteiger partial charge in [0.25, 0.3) is 0 Å². The molecule has 0 aromatic heterocycles. The van der Waals surface area contributed by atoms with Gasteiger partial charge in [-0.25, -0.2) is 0 Å². The molecule has 1 aliphatic carbocycles. The zero-order valence-electron chi connectivity index (χ0n) is 11.8. The van der Waals surface area contributed by atoms with Crippen LogP contribution in [-0.2, 0) is 9.59 Å². The van der Waals surface area contributed by atoms with Gasteiger partial charge in [-0.3, -0.25) is 9.59 Å². The van der Waals surface area contributed by atoms with E-state index in [0.29, 0.717) is 12.8 Å². The Morgan fingerprint density at radius 2 is 1.65 bits per heavy atom. The zero-order chi connectivity index (χ0) is 14.9. The van der Waals surface area contributed by atoms with E-state index in [9.17, 15) is 14.7 Å². The highest BCUT2D eigenvalue weighted by atomic mass is 16.4. The topological polar surface area (TPSA) is 74.6 Å². The number of carboxylic acids is 2. The van der Waals surface area contributed by atoms with Crippen molar-refractivity contribution in [1.82, 2.24) is 0 Å². The normalized spacial score (nSPS) is 26.2. The van der Waals surface area contributed by atoms with E-state index in [0.717, 1.165) is 12.0 Å². The molecule has 4 heteroatoms. The number of rotatable bonds is 3. The molecule has 20 heavy (non-hydrogen) atoms. The third-order valence-electron chi connectivity index (χ3n) is 4.49. The fourth-order valence-electron chi connectivity index (χ4n) is 3.06. The van der Waals surface area contributed by atoms with E-state index in [-0.39, 0.29) is 5.92 Å². The standard InChI is InChI=1S/C16H20O4/c1-9-3-4-11(7-10(9)2)12-5-6-13(15(17)18)14(8-12)16(19)20/h3-4,7,12-14H,5-6,8H2,1-2H3,(H,17,18)(H,19,20)/t12-,13+,14+/m1/s1. The summed E-state index contributed by atoms with van der Waals surface area (Å²) >= 11 is 0. The van der Waals surface area contributed by atoms with Crippen molar-refractivity contribution in [2.45, 2.75) is 39.0 Å². The Morgan fingerprint density at radius 3 is 2.20 bits per heavy atom. The number of hydrogen-bond acceptors (Lipinski definition) is 2. The average molecular weight is 276 g/mol. The van der Waals surface area contributed by atoms with Crippen molar-refractivity contribution in [2.24, 2.45) is 11.8 Å². The molecule has 0 bridgehead atoms. The molecule has 2 N–H and O–H groups in total. The van der Waals surface area contributed by atoms with Crippen molar-refractivity contribution in [2.75, 3.05) is 0 Å². The number of carbonyl (C=O) groups is 2. The number of benzene rings is 1. The second kappa shape index (κ2) is 5.65. The molecule has 4 nitrogen and oxygen atoms in total. The predicted octanol–water partition coefficient (Wildman–Crippen LogP) is 2.97. The van der Waals surface area contributed by atoms with Crippen LogP contribution < -0.4 is 0 Å². The molecule has 0 unspecified atom stereocenters. The molecular weight excluding hydrogens is 256 g/mol. The van der Waals surface area contributed by atoms with Gasteiger partial charge in [0, 0.05) is 0 Å². The van der Waals surface area contributed by atoms with Gasteiger partial charge in [0.15, 0.2) is 0 Å². The average Bonchev–Trinajstić information content (AvgIpc) is 2.41. The minimum atomic E-state index is -0.995. The van der Waals surface area contributed by atoms with Crippen molar-refractivity contribution in [3.05, 3.63) is 34.9 Å². The fourth-order valence-corrected chi connectivity index (χ4v) is 3.06. The van der Waals surface area contributed by atoms with E-state index < -0.39 is 23.8 Å². The lowest BCUT2D eigenvalue weighted by Gasteiger charge is -2.32. The lowest BCUT2D eigenvalue weighted by Crippen LogP contribution is -2.35. The molecule has 1 saturated carbocycles. The largest absolute Gasteiger partial charge is 0.481 e. The van der Waals surface area contributed by atoms with E-state index in [1.165, 1.54) is 11.1 Å². The summed E-state index contributed by atoms with van der Waals surface area (Å²) in [7, 11) is 0. The van der Waals surface area contributed by atoms with Crippen molar-refractivity contribution in [1.29, 1.82) is 0 Å². The first-order chi connectivity index (χ1) is 9.40. The Hall–Kier alpha value is -1.84. The molecule has 0 heterocycles. The smallest absolute Gasteiger partial charge is 0.307 e. The van der Waals surface area contributed by atoms with Crippen LogP contribution in [0.5, 0.6) is 0 Å². The van der Waals surface area contributed by atoms with E-state index >= 15 is 0 Å². The lowest BCUT2D eigenvalue weighted by atomic mass is 9.71. The van der Waals surface area contributed by atoms with Gasteiger partial charge in [0.2, 0.25) is 0 Å². The third kappa shape index (κ3) is 2.84. The van der Waals surface area contributed by atoms with E-state index in [1.54, 1.807) is 0 Å². The summed E-state index contributed by atoms with van der Waals surface area (Å²) in [5, 5.41) is 18.4. The second-order valence-corrected chi connectivity index (χ2v) is 5.74. The third-order valence-corrected chi connectivity index (χ3v) is 4.49. The molecule has 1 aliphatic rings. The molecule has 1 aromatic rings. The Balaban J connectivity index is 2.21. The first-order valence-corrected chi connectivity index (χ1v) is 6.93. The lowest BCUT2D eigenvalue weighted by molar-refractivity contribution is -0.155. The van der Waals surface area contributed by atoms with Crippen molar-refractivity contribution >= 4 is 11.9 Å². The molecule has 0 radical (unpaired) electrons. The van der Waals surface area contributed by atoms with Crippen LogP contribution in [0.15, 0.2) is 18.2 Å². The monoisotopic (exact) mass is 276 g/mol. The summed E-state index contributed by atoms with van der Waals surface area (Å²) in [5.41, 5.74) is 3.53. The summed E-state index contributed by atoms with van der Waals surface area (Å²) in [6, 6.07) is 6.18. The minimum absolute atomic E-state index is 0.144. The Labute approximate surface area is 118 Å². The maximum absolute atomic E-state index is 11.3. The molecule has 0 spiro atoms. The van der Waals surface area contributed by atoms with Crippen LogP contribution in [0, 0.1) is 25.7 Å². The highest BCUT2D eigenvalue weighted by Gasteiger charge is 2.39. The van der Waals surface area contributed by atoms with Gasteiger partial charge in [0.05, 0.1) is 11.8 Å². The molecule has 2 rings (SSSR count). The first kappa shape index (κ1) is 14.6. The van der Waals surface area contributed by atoms with Crippen LogP contribution in [0.3, 0.4) is 0 Å². The van der Waals surface area contributed by atoms with Crippen LogP contribution in [0.2, 0.25) is 0 Å². The fraction of sp³-hybridized carbons (Fsp3) is 0.500. The second-order valence-electron chi connectivity index (χ2n) is 5.74. The van der Waals surface area contributed by atoms with Crippen LogP contribution >= 0.6 is 0 Å². The number of aryl methyl sites for hydroxylation is 2. The van der Waals surface area contributed by atoms with Gasteiger partial charge in [-0.05, 0) is 55.7 Å². The van der Waals surface area contributed by atoms with Crippen molar-refractivity contribution < 1.29 is 19.8 Å². The van der Waals surface area contributed by atoms with E-state index in [2.05, 4.69) is 6.07 Å². The molecule has 1 aromatic carbocycles. The molecule has 0 amide bonds. The van der Waals surface area contributed by atoms with Crippen LogP contribution in [-0.4, -0.2) is 22.2 Å². The number of hydrogen-bond donors (Lipinski definition) is 2. The number of aliphatic carboxylic acids is 2. The SMILES string of the molecule is Cc1ccc([C@@H]2CC[C@H](C(=O)O)[C@@H](C(=O)O)C2)cc1C. The van der Waals surface area contributed by atoms with Crippen molar-refractivity contribution in [3.63, 3.8) is 0 Å². The van der Waals surface area contributed by atoms with Gasteiger partial charge >= 0.3 is 11.9 Å². The first-order valence-electron chi connectivity index (χ1n) is 6.93. The molecule has 3 atom stereocenters. The molecule has 108 valence electrons. The van der Waals surface area contributed by atoms with E-state index in [1.807, 2.05) is 26.0 Å². The summed E-state index contributed by atoms with van der Waals surface area (Å²) in [5.74, 6) is -3.38. The number of carboxylic acid groups (broad SMARTS) is 2. The predicted molar refractivity (Wildman–Crippen MR) is 74.8 cm³/mol. The Bertz CT molecular complexity index is 535. The summed E-state index contributed by atoms with van der Waals surface area (Å²) in [6.45, 7) is 4.08.